The van der Waals surface area contributed by atoms with Crippen molar-refractivity contribution < 1.29 is 5.11 Å². The summed E-state index contributed by atoms with van der Waals surface area (Å²) in [5.41, 5.74) is 3.96. The van der Waals surface area contributed by atoms with Crippen molar-refractivity contribution in [2.24, 2.45) is 5.92 Å². The summed E-state index contributed by atoms with van der Waals surface area (Å²) in [6.07, 6.45) is 14.0. The molecule has 1 aromatic carbocycles. The third-order valence-corrected chi connectivity index (χ3v) is 7.36. The second kappa shape index (κ2) is 11.0. The number of allylic oxidation sites excluding steroid dienone is 2. The van der Waals surface area contributed by atoms with Crippen LogP contribution in [0.3, 0.4) is 0 Å². The number of unbranched alkanes of at least 4 members (excludes halogenated alkanes) is 2. The minimum absolute atomic E-state index is 0.312. The maximum atomic E-state index is 10.4. The van der Waals surface area contributed by atoms with Gasteiger partial charge in [-0.3, -0.25) is 0 Å². The van der Waals surface area contributed by atoms with Crippen LogP contribution in [-0.4, -0.2) is 5.11 Å². The Morgan fingerprint density at radius 3 is 2.50 bits per heavy atom. The van der Waals surface area contributed by atoms with Gasteiger partial charge in [-0.25, -0.2) is 0 Å². The molecule has 1 heterocycles. The maximum absolute atomic E-state index is 10.4. The molecular formula is C26H36OS. The topological polar surface area (TPSA) is 20.2 Å². The highest BCUT2D eigenvalue weighted by Gasteiger charge is 2.20. The Kier molecular flexibility index (Phi) is 8.36. The molecule has 0 aliphatic heterocycles. The second-order valence-electron chi connectivity index (χ2n) is 8.18. The third-order valence-electron chi connectivity index (χ3n) is 6.07. The molecule has 0 saturated carbocycles. The molecule has 1 aliphatic rings. The molecule has 3 rings (SSSR count). The molecule has 152 valence electrons. The Bertz CT molecular complexity index is 740. The number of hydrogen-bond acceptors (Lipinski definition) is 2. The third kappa shape index (κ3) is 5.81. The maximum Gasteiger partial charge on any atom is 0.0790 e. The fourth-order valence-electron chi connectivity index (χ4n) is 4.34. The first-order valence-corrected chi connectivity index (χ1v) is 12.1. The summed E-state index contributed by atoms with van der Waals surface area (Å²) in [5.74, 6) is 0.700. The van der Waals surface area contributed by atoms with Crippen molar-refractivity contribution in [2.75, 3.05) is 0 Å². The normalized spacial score (nSPS) is 17.7. The number of aryl methyl sites for hydroxylation is 2. The zero-order valence-electron chi connectivity index (χ0n) is 17.6. The lowest BCUT2D eigenvalue weighted by atomic mass is 9.89. The standard InChI is InChI=1S/C26H36OS/c1-3-5-6-13-26(27)22-16-14-21(15-17-22)25-12-8-10-20(25)9-7-11-24-19-18-23(4-2)28-24/h12,14-20,26-27H,3-11,13H2,1-2H3/t20-,26?/m0/s1. The van der Waals surface area contributed by atoms with Crippen molar-refractivity contribution in [3.63, 3.8) is 0 Å². The SMILES string of the molecule is CCCCCC(O)c1ccc(C2=CCC[C@@H]2CCCc2ccc(CC)s2)cc1. The van der Waals surface area contributed by atoms with Crippen LogP contribution in [0.4, 0.5) is 0 Å². The highest BCUT2D eigenvalue weighted by atomic mass is 32.1. The van der Waals surface area contributed by atoms with Crippen LogP contribution in [0.1, 0.15) is 92.2 Å². The molecule has 0 radical (unpaired) electrons. The lowest BCUT2D eigenvalue weighted by Gasteiger charge is -2.16. The van der Waals surface area contributed by atoms with E-state index < -0.39 is 0 Å². The van der Waals surface area contributed by atoms with Gasteiger partial charge in [0.25, 0.3) is 0 Å². The number of aliphatic hydroxyl groups is 1. The largest absolute Gasteiger partial charge is 0.388 e. The zero-order chi connectivity index (χ0) is 19.8. The smallest absolute Gasteiger partial charge is 0.0790 e. The Morgan fingerprint density at radius 2 is 1.79 bits per heavy atom. The van der Waals surface area contributed by atoms with Crippen LogP contribution in [0.5, 0.6) is 0 Å². The highest BCUT2D eigenvalue weighted by Crippen LogP contribution is 2.37. The summed E-state index contributed by atoms with van der Waals surface area (Å²) in [5, 5.41) is 10.4. The first kappa shape index (κ1) is 21.3. The molecular weight excluding hydrogens is 360 g/mol. The van der Waals surface area contributed by atoms with Gasteiger partial charge in [0.05, 0.1) is 6.10 Å². The van der Waals surface area contributed by atoms with E-state index in [-0.39, 0.29) is 6.10 Å². The first-order chi connectivity index (χ1) is 13.7. The summed E-state index contributed by atoms with van der Waals surface area (Å²) in [6, 6.07) is 13.4. The Morgan fingerprint density at radius 1 is 1.00 bits per heavy atom. The van der Waals surface area contributed by atoms with Gasteiger partial charge in [0.2, 0.25) is 0 Å². The van der Waals surface area contributed by atoms with Gasteiger partial charge in [0, 0.05) is 9.75 Å². The molecule has 1 aromatic heterocycles. The molecule has 28 heavy (non-hydrogen) atoms. The summed E-state index contributed by atoms with van der Waals surface area (Å²) >= 11 is 1.99. The monoisotopic (exact) mass is 396 g/mol. The molecule has 1 N–H and O–H groups in total. The number of rotatable bonds is 11. The number of thiophene rings is 1. The van der Waals surface area contributed by atoms with E-state index in [1.54, 1.807) is 4.88 Å². The van der Waals surface area contributed by atoms with E-state index in [2.05, 4.69) is 56.3 Å². The van der Waals surface area contributed by atoms with Gasteiger partial charge >= 0.3 is 0 Å². The van der Waals surface area contributed by atoms with Crippen molar-refractivity contribution >= 4 is 16.9 Å². The fourth-order valence-corrected chi connectivity index (χ4v) is 5.34. The molecule has 2 heteroatoms. The van der Waals surface area contributed by atoms with Gasteiger partial charge in [0.1, 0.15) is 0 Å². The van der Waals surface area contributed by atoms with Crippen LogP contribution in [0.25, 0.3) is 5.57 Å². The lowest BCUT2D eigenvalue weighted by Crippen LogP contribution is -2.01. The number of hydrogen-bond donors (Lipinski definition) is 1. The van der Waals surface area contributed by atoms with E-state index in [4.69, 9.17) is 0 Å². The van der Waals surface area contributed by atoms with Gasteiger partial charge in [0.15, 0.2) is 0 Å². The van der Waals surface area contributed by atoms with Crippen molar-refractivity contribution in [3.8, 4) is 0 Å². The fraction of sp³-hybridized carbons (Fsp3) is 0.538. The molecule has 2 aromatic rings. The average molecular weight is 397 g/mol. The number of benzene rings is 1. The molecule has 1 nitrogen and oxygen atoms in total. The Hall–Kier alpha value is -1.38. The van der Waals surface area contributed by atoms with Gasteiger partial charge in [-0.15, -0.1) is 11.3 Å². The van der Waals surface area contributed by atoms with Crippen LogP contribution >= 0.6 is 11.3 Å². The molecule has 0 bridgehead atoms. The molecule has 0 amide bonds. The molecule has 0 fully saturated rings. The van der Waals surface area contributed by atoms with Crippen molar-refractivity contribution in [1.82, 2.24) is 0 Å². The van der Waals surface area contributed by atoms with Crippen molar-refractivity contribution in [1.29, 1.82) is 0 Å². The second-order valence-corrected chi connectivity index (χ2v) is 9.43. The average Bonchev–Trinajstić information content (AvgIpc) is 3.38. The molecule has 1 aliphatic carbocycles. The van der Waals surface area contributed by atoms with Crippen LogP contribution < -0.4 is 0 Å². The van der Waals surface area contributed by atoms with Gasteiger partial charge in [-0.05, 0) is 79.7 Å². The van der Waals surface area contributed by atoms with Crippen molar-refractivity contribution in [3.05, 3.63) is 63.4 Å². The van der Waals surface area contributed by atoms with Gasteiger partial charge in [-0.2, -0.15) is 0 Å². The van der Waals surface area contributed by atoms with Crippen LogP contribution in [0, 0.1) is 5.92 Å². The summed E-state index contributed by atoms with van der Waals surface area (Å²) in [4.78, 5) is 3.05. The predicted molar refractivity (Wildman–Crippen MR) is 123 cm³/mol. The Labute approximate surface area is 175 Å². The summed E-state index contributed by atoms with van der Waals surface area (Å²) < 4.78 is 0. The minimum atomic E-state index is -0.312. The predicted octanol–water partition coefficient (Wildman–Crippen LogP) is 7.74. The molecule has 1 unspecified atom stereocenters. The van der Waals surface area contributed by atoms with Crippen LogP contribution in [0.2, 0.25) is 0 Å². The minimum Gasteiger partial charge on any atom is -0.388 e. The zero-order valence-corrected chi connectivity index (χ0v) is 18.4. The molecule has 0 spiro atoms. The first-order valence-electron chi connectivity index (χ1n) is 11.3. The summed E-state index contributed by atoms with van der Waals surface area (Å²) in [6.45, 7) is 4.44. The Balaban J connectivity index is 1.52. The molecule has 2 atom stereocenters. The summed E-state index contributed by atoms with van der Waals surface area (Å²) in [7, 11) is 0. The van der Waals surface area contributed by atoms with Gasteiger partial charge in [-0.1, -0.05) is 63.5 Å². The quantitative estimate of drug-likeness (QED) is 0.385. The number of aliphatic hydroxyl groups excluding tert-OH is 1. The van der Waals surface area contributed by atoms with Gasteiger partial charge < -0.3 is 5.11 Å². The van der Waals surface area contributed by atoms with Crippen LogP contribution in [-0.2, 0) is 12.8 Å². The van der Waals surface area contributed by atoms with E-state index in [1.165, 1.54) is 61.0 Å². The molecule has 0 saturated heterocycles. The lowest BCUT2D eigenvalue weighted by molar-refractivity contribution is 0.163. The van der Waals surface area contributed by atoms with E-state index in [0.717, 1.165) is 24.8 Å². The van der Waals surface area contributed by atoms with Crippen molar-refractivity contribution in [2.45, 2.75) is 84.2 Å². The van der Waals surface area contributed by atoms with E-state index in [0.29, 0.717) is 5.92 Å². The highest BCUT2D eigenvalue weighted by molar-refractivity contribution is 7.11. The van der Waals surface area contributed by atoms with Crippen LogP contribution in [0.15, 0.2) is 42.5 Å². The van der Waals surface area contributed by atoms with E-state index >= 15 is 0 Å². The van der Waals surface area contributed by atoms with E-state index in [9.17, 15) is 5.11 Å². The van der Waals surface area contributed by atoms with E-state index in [1.807, 2.05) is 11.3 Å².